The van der Waals surface area contributed by atoms with E-state index in [1.165, 1.54) is 37.3 Å². The van der Waals surface area contributed by atoms with Gasteiger partial charge in [0.25, 0.3) is 10.0 Å². The first-order valence-electron chi connectivity index (χ1n) is 13.7. The van der Waals surface area contributed by atoms with E-state index in [9.17, 15) is 43.4 Å². The van der Waals surface area contributed by atoms with Crippen molar-refractivity contribution in [1.82, 2.24) is 9.88 Å². The first-order valence-corrected chi connectivity index (χ1v) is 15.6. The van der Waals surface area contributed by atoms with E-state index in [2.05, 4.69) is 4.98 Å². The Labute approximate surface area is 277 Å². The van der Waals surface area contributed by atoms with Crippen molar-refractivity contribution in [3.8, 4) is 11.5 Å². The fourth-order valence-electron chi connectivity index (χ4n) is 5.22. The molecule has 2 heterocycles. The average molecular weight is 725 g/mol. The Bertz CT molecular complexity index is 1750. The lowest BCUT2D eigenvalue weighted by molar-refractivity contribution is -0.513. The van der Waals surface area contributed by atoms with Crippen molar-refractivity contribution in [2.24, 2.45) is 0 Å². The molecule has 1 fully saturated rings. The number of sulfonamides is 1. The first-order chi connectivity index (χ1) is 22.3. The number of nitrogens with zero attached hydrogens (tertiary/aromatic N) is 4. The van der Waals surface area contributed by atoms with Gasteiger partial charge in [0.05, 0.1) is 26.5 Å². The van der Waals surface area contributed by atoms with Crippen molar-refractivity contribution in [1.29, 1.82) is 0 Å². The highest BCUT2D eigenvalue weighted by Gasteiger charge is 2.51. The molecule has 20 heteroatoms. The van der Waals surface area contributed by atoms with Gasteiger partial charge in [-0.05, 0) is 30.7 Å². The van der Waals surface area contributed by atoms with Crippen LogP contribution in [0.4, 0.5) is 24.7 Å². The summed E-state index contributed by atoms with van der Waals surface area (Å²) in [5.41, 5.74) is -1.85. The minimum atomic E-state index is -5.24. The van der Waals surface area contributed by atoms with E-state index in [-0.39, 0.29) is 34.9 Å². The van der Waals surface area contributed by atoms with E-state index >= 15 is 8.78 Å². The molecule has 0 saturated carbocycles. The topological polar surface area (TPSA) is 206 Å². The van der Waals surface area contributed by atoms with Gasteiger partial charge in [0, 0.05) is 44.4 Å². The fourth-order valence-corrected chi connectivity index (χ4v) is 7.05. The Morgan fingerprint density at radius 3 is 2.23 bits per heavy atom. The molecule has 0 amide bonds. The number of hydrogen-bond donors (Lipinski definition) is 6. The number of pyridine rings is 1. The van der Waals surface area contributed by atoms with E-state index < -0.39 is 80.8 Å². The van der Waals surface area contributed by atoms with E-state index in [0.717, 1.165) is 25.3 Å². The van der Waals surface area contributed by atoms with Gasteiger partial charge in [0.1, 0.15) is 33.8 Å². The van der Waals surface area contributed by atoms with Crippen LogP contribution in [0.15, 0.2) is 47.4 Å². The summed E-state index contributed by atoms with van der Waals surface area (Å²) in [6, 6.07) is 8.16. The van der Waals surface area contributed by atoms with E-state index in [0.29, 0.717) is 16.1 Å². The number of hydrogen-bond acceptors (Lipinski definition) is 14. The van der Waals surface area contributed by atoms with Crippen LogP contribution in [0, 0.1) is 17.6 Å². The summed E-state index contributed by atoms with van der Waals surface area (Å²) in [5.74, 6) is -4.44. The zero-order valence-corrected chi connectivity index (χ0v) is 27.1. The van der Waals surface area contributed by atoms with Gasteiger partial charge < -0.3 is 49.7 Å². The zero-order valence-electron chi connectivity index (χ0n) is 25.5. The second kappa shape index (κ2) is 13.8. The van der Waals surface area contributed by atoms with E-state index in [4.69, 9.17) is 25.8 Å². The molecule has 15 nitrogen and oxygen atoms in total. The SMILES string of the molecule is COc1ccc(CN(c2cccc(F)n2)S(=O)(=O)c2c(F)cc(N3CCC(CN(C(O)(O)O)C(O)(O)O)(OC)C3)c(Cl)c2F)c(OC)c1. The highest BCUT2D eigenvalue weighted by molar-refractivity contribution is 7.92. The van der Waals surface area contributed by atoms with Crippen molar-refractivity contribution in [2.75, 3.05) is 50.2 Å². The number of anilines is 2. The summed E-state index contributed by atoms with van der Waals surface area (Å²) < 4.78 is 90.5. The van der Waals surface area contributed by atoms with Gasteiger partial charge in [-0.1, -0.05) is 17.7 Å². The number of rotatable bonds is 13. The predicted molar refractivity (Wildman–Crippen MR) is 161 cm³/mol. The fraction of sp³-hybridized carbons (Fsp3) is 0.393. The van der Waals surface area contributed by atoms with Crippen molar-refractivity contribution < 1.29 is 66.4 Å². The summed E-state index contributed by atoms with van der Waals surface area (Å²) >= 11 is 6.29. The summed E-state index contributed by atoms with van der Waals surface area (Å²) in [5, 5.41) is 56.4. The quantitative estimate of drug-likeness (QED) is 0.0814. The number of ether oxygens (including phenoxy) is 3. The maximum absolute atomic E-state index is 16.0. The molecule has 1 saturated heterocycles. The standard InChI is InChI=1S/C28H32ClF3N4O11S/c1-45-17-8-7-16(20(11-17)46-2)13-35(22-6-4-5-21(31)33-22)48(43,44)25-18(30)12-19(23(29)24(25)32)34-10-9-26(14-34,47-3)15-36(27(37,38)39)28(40,41)42/h4-8,11-12,37-42H,9-10,13-15H2,1-3H3. The lowest BCUT2D eigenvalue weighted by Crippen LogP contribution is -2.65. The minimum Gasteiger partial charge on any atom is -0.497 e. The molecular weight excluding hydrogens is 693 g/mol. The van der Waals surface area contributed by atoms with Crippen LogP contribution in [-0.2, 0) is 21.3 Å². The van der Waals surface area contributed by atoms with Crippen LogP contribution >= 0.6 is 11.6 Å². The summed E-state index contributed by atoms with van der Waals surface area (Å²) in [6.07, 6.45) is -8.04. The van der Waals surface area contributed by atoms with Gasteiger partial charge in [-0.25, -0.2) is 26.5 Å². The maximum Gasteiger partial charge on any atom is 0.352 e. The van der Waals surface area contributed by atoms with Gasteiger partial charge in [-0.15, -0.1) is 4.90 Å². The van der Waals surface area contributed by atoms with Gasteiger partial charge in [-0.3, -0.25) is 0 Å². The Kier molecular flexibility index (Phi) is 10.7. The molecule has 0 radical (unpaired) electrons. The lowest BCUT2D eigenvalue weighted by Gasteiger charge is -2.41. The molecule has 1 aromatic heterocycles. The zero-order chi connectivity index (χ0) is 35.8. The van der Waals surface area contributed by atoms with Gasteiger partial charge in [0.15, 0.2) is 10.7 Å². The van der Waals surface area contributed by atoms with Crippen LogP contribution < -0.4 is 18.7 Å². The predicted octanol–water partition coefficient (Wildman–Crippen LogP) is 0.639. The Hall–Kier alpha value is -3.50. The summed E-state index contributed by atoms with van der Waals surface area (Å²) in [6.45, 7) is -2.14. The molecule has 2 aromatic carbocycles. The van der Waals surface area contributed by atoms with Crippen LogP contribution in [0.2, 0.25) is 5.02 Å². The third-order valence-corrected chi connectivity index (χ3v) is 9.82. The molecule has 0 aliphatic carbocycles. The van der Waals surface area contributed by atoms with Crippen LogP contribution in [0.1, 0.15) is 12.0 Å². The van der Waals surface area contributed by atoms with Crippen LogP contribution in [0.5, 0.6) is 11.5 Å². The molecule has 1 unspecified atom stereocenters. The second-order valence-corrected chi connectivity index (χ2v) is 12.9. The van der Waals surface area contributed by atoms with Crippen molar-refractivity contribution in [2.45, 2.75) is 35.7 Å². The smallest absolute Gasteiger partial charge is 0.352 e. The molecule has 264 valence electrons. The second-order valence-electron chi connectivity index (χ2n) is 10.7. The largest absolute Gasteiger partial charge is 0.497 e. The number of benzene rings is 2. The third-order valence-electron chi connectivity index (χ3n) is 7.67. The van der Waals surface area contributed by atoms with Crippen molar-refractivity contribution >= 4 is 33.1 Å². The Balaban J connectivity index is 1.76. The van der Waals surface area contributed by atoms with Crippen molar-refractivity contribution in [3.63, 3.8) is 0 Å². The molecule has 48 heavy (non-hydrogen) atoms. The van der Waals surface area contributed by atoms with Crippen molar-refractivity contribution in [3.05, 3.63) is 70.6 Å². The molecule has 1 aliphatic rings. The highest BCUT2D eigenvalue weighted by Crippen LogP contribution is 2.41. The normalized spacial score (nSPS) is 17.2. The molecule has 0 bridgehead atoms. The minimum absolute atomic E-state index is 0.130. The summed E-state index contributed by atoms with van der Waals surface area (Å²) in [4.78, 5) is 2.97. The lowest BCUT2D eigenvalue weighted by atomic mass is 10.0. The van der Waals surface area contributed by atoms with E-state index in [1.54, 1.807) is 0 Å². The monoisotopic (exact) mass is 724 g/mol. The molecule has 0 spiro atoms. The summed E-state index contributed by atoms with van der Waals surface area (Å²) in [7, 11) is -1.44. The highest BCUT2D eigenvalue weighted by atomic mass is 35.5. The maximum atomic E-state index is 16.0. The number of aliphatic hydroxyl groups is 6. The molecule has 1 aliphatic heterocycles. The van der Waals surface area contributed by atoms with Gasteiger partial charge in [0.2, 0.25) is 5.95 Å². The Morgan fingerprint density at radius 2 is 1.67 bits per heavy atom. The van der Waals surface area contributed by atoms with Gasteiger partial charge >= 0.3 is 12.2 Å². The first kappa shape index (κ1) is 37.3. The van der Waals surface area contributed by atoms with Crippen LogP contribution in [-0.4, -0.2) is 108 Å². The molecule has 3 aromatic rings. The number of methoxy groups -OCH3 is 3. The number of aromatic nitrogens is 1. The molecule has 4 rings (SSSR count). The van der Waals surface area contributed by atoms with E-state index in [1.807, 2.05) is 0 Å². The number of halogens is 4. The Morgan fingerprint density at radius 1 is 1.00 bits per heavy atom. The third kappa shape index (κ3) is 7.54. The van der Waals surface area contributed by atoms with Crippen LogP contribution in [0.25, 0.3) is 0 Å². The molecular formula is C28H32ClF3N4O11S. The van der Waals surface area contributed by atoms with Gasteiger partial charge in [-0.2, -0.15) is 4.39 Å². The van der Waals surface area contributed by atoms with Crippen LogP contribution in [0.3, 0.4) is 0 Å². The molecule has 6 N–H and O–H groups in total. The molecule has 1 atom stereocenters. The average Bonchev–Trinajstić information content (AvgIpc) is 3.43.